The van der Waals surface area contributed by atoms with E-state index in [-0.39, 0.29) is 135 Å². The lowest BCUT2D eigenvalue weighted by molar-refractivity contribution is -0.132. The van der Waals surface area contributed by atoms with Gasteiger partial charge in [-0.15, -0.1) is 0 Å². The van der Waals surface area contributed by atoms with Gasteiger partial charge in [0, 0.05) is 56.5 Å². The van der Waals surface area contributed by atoms with Crippen molar-refractivity contribution in [3.05, 3.63) is 119 Å². The zero-order valence-electron chi connectivity index (χ0n) is 56.5. The third-order valence-electron chi connectivity index (χ3n) is 16.9. The van der Waals surface area contributed by atoms with Crippen molar-refractivity contribution in [2.24, 2.45) is 17.6 Å². The summed E-state index contributed by atoms with van der Waals surface area (Å²) in [6.07, 6.45) is -4.64. The number of hydrogen-bond donors (Lipinski definition) is 8. The average molecular weight is 1360 g/mol. The number of anilines is 4. The second-order valence-corrected chi connectivity index (χ2v) is 24.9. The maximum atomic E-state index is 14.4. The Morgan fingerprint density at radius 1 is 0.561 bits per heavy atom. The maximum Gasteiger partial charge on any atom is 0.416 e. The minimum atomic E-state index is -1.62. The molecule has 4 aliphatic rings. The van der Waals surface area contributed by atoms with Gasteiger partial charge in [0.25, 0.3) is 11.8 Å². The van der Waals surface area contributed by atoms with Gasteiger partial charge in [0.05, 0.1) is 87.9 Å². The molecule has 0 bridgehead atoms. The first-order chi connectivity index (χ1) is 46.7. The van der Waals surface area contributed by atoms with Crippen LogP contribution in [0.1, 0.15) is 99.1 Å². The lowest BCUT2D eigenvalue weighted by Crippen LogP contribution is -2.53. The Morgan fingerprint density at radius 3 is 1.41 bits per heavy atom. The molecule has 0 aliphatic carbocycles. The Morgan fingerprint density at radius 2 is 1.00 bits per heavy atom. The molecule has 4 heterocycles. The monoisotopic (exact) mass is 1360 g/mol. The Balaban J connectivity index is 0.913. The molecule has 29 heteroatoms. The van der Waals surface area contributed by atoms with Gasteiger partial charge in [-0.1, -0.05) is 76.3 Å². The highest BCUT2D eigenvalue weighted by atomic mass is 16.6. The molecular weight excluding hydrogens is 1270 g/mol. The fourth-order valence-electron chi connectivity index (χ4n) is 11.3. The van der Waals surface area contributed by atoms with Gasteiger partial charge >= 0.3 is 12.2 Å². The molecule has 0 unspecified atom stereocenters. The SMILES string of the molecule is C=C1C[C@H]2[C@H](O)N(C(=O)OCc3ccc(NC(=O)[C@H](C)NC(=O)[C@@H](N)C(C)C)cc3)c3cc(OCCCOc4cc5c(cc4OC)C(=O)N4CC(=C)C[C@H]4[C@H](O)N5C(=O)OCc4ccc(NC(=O)[C@H](C)NC(=O)[C@@H](NC(=O)CCOCCOC)C(C)C)cc4)c(OC)cc3C(=O)N2C1. The molecule has 8 atom stereocenters. The summed E-state index contributed by atoms with van der Waals surface area (Å²) < 4.78 is 45.8. The van der Waals surface area contributed by atoms with Crippen molar-refractivity contribution in [2.75, 3.05) is 87.9 Å². The van der Waals surface area contributed by atoms with Gasteiger partial charge in [-0.2, -0.15) is 0 Å². The van der Waals surface area contributed by atoms with Crippen molar-refractivity contribution in [1.29, 1.82) is 0 Å². The number of ether oxygens (including phenoxy) is 8. The van der Waals surface area contributed by atoms with E-state index in [9.17, 15) is 53.4 Å². The number of carbonyl (C=O) groups is 9. The molecular formula is C69H88N10O19. The average Bonchev–Trinajstić information content (AvgIpc) is 1.59. The van der Waals surface area contributed by atoms with Crippen LogP contribution < -0.4 is 61.1 Å². The number of nitrogens with zero attached hydrogens (tertiary/aromatic N) is 4. The number of benzene rings is 4. The molecule has 2 fully saturated rings. The van der Waals surface area contributed by atoms with E-state index < -0.39 is 96.3 Å². The predicted molar refractivity (Wildman–Crippen MR) is 358 cm³/mol. The number of nitrogens with two attached hydrogens (primary N) is 1. The quantitative estimate of drug-likeness (QED) is 0.0259. The number of aliphatic hydroxyl groups is 2. The summed E-state index contributed by atoms with van der Waals surface area (Å²) >= 11 is 0. The van der Waals surface area contributed by atoms with Crippen molar-refractivity contribution < 1.29 is 91.3 Å². The topological polar surface area (TPSA) is 367 Å². The molecule has 528 valence electrons. The fourth-order valence-corrected chi connectivity index (χ4v) is 11.3. The minimum Gasteiger partial charge on any atom is -0.493 e. The number of methoxy groups -OCH3 is 3. The van der Waals surface area contributed by atoms with E-state index in [0.29, 0.717) is 46.9 Å². The first-order valence-electron chi connectivity index (χ1n) is 32.2. The third kappa shape index (κ3) is 17.9. The van der Waals surface area contributed by atoms with Crippen LogP contribution in [0.4, 0.5) is 32.3 Å². The highest BCUT2D eigenvalue weighted by Crippen LogP contribution is 2.44. The molecule has 4 aromatic carbocycles. The molecule has 9 amide bonds. The number of fused-ring (bicyclic) bond motifs is 4. The van der Waals surface area contributed by atoms with E-state index in [1.807, 2.05) is 0 Å². The second-order valence-electron chi connectivity index (χ2n) is 24.9. The minimum absolute atomic E-state index is 0.00194. The molecule has 0 radical (unpaired) electrons. The van der Waals surface area contributed by atoms with Gasteiger partial charge in [0.2, 0.25) is 29.5 Å². The molecule has 8 rings (SSSR count). The number of carbonyl (C=O) groups excluding carboxylic acids is 9. The molecule has 2 saturated heterocycles. The van der Waals surface area contributed by atoms with E-state index >= 15 is 0 Å². The number of aliphatic hydroxyl groups excluding tert-OH is 2. The highest BCUT2D eigenvalue weighted by molar-refractivity contribution is 6.08. The maximum absolute atomic E-state index is 14.4. The molecule has 9 N–H and O–H groups in total. The molecule has 4 aromatic rings. The smallest absolute Gasteiger partial charge is 0.416 e. The van der Waals surface area contributed by atoms with E-state index in [2.05, 4.69) is 39.7 Å². The standard InChI is InChI=1S/C69H88N10O19/c1-37(2)58(70)62(83)71-41(7)60(81)73-45-17-13-43(14-18-45)35-97-68(89)78-49-31-55(53(92-10)29-47(49)64(85)76-33-39(5)27-51(76)66(78)87)95-22-12-23-96-56-32-50-48(30-54(56)93-11)65(86)77-34-40(6)28-52(77)67(88)79(50)69(90)98-36-44-15-19-46(20-16-44)74-61(82)42(8)72-63(84)59(38(3)4)75-57(80)21-24-94-26-25-91-9/h13-20,29-32,37-38,41-42,51-52,58-59,66-67,87-88H,5-6,12,21-28,33-36,70H2,1-4,7-11H3,(H,71,83)(H,72,84)(H,73,81)(H,74,82)(H,75,80)/t41-,42-,51-,52-,58-,59-,66-,67-/m0/s1. The Kier molecular flexibility index (Phi) is 25.2. The van der Waals surface area contributed by atoms with Gasteiger partial charge in [0.1, 0.15) is 31.3 Å². The number of amides is 9. The molecule has 0 saturated carbocycles. The number of nitrogens with one attached hydrogen (secondary N) is 5. The predicted octanol–water partition coefficient (Wildman–Crippen LogP) is 5.11. The van der Waals surface area contributed by atoms with Crippen LogP contribution in [0.15, 0.2) is 97.1 Å². The van der Waals surface area contributed by atoms with Crippen LogP contribution in [0.2, 0.25) is 0 Å². The Bertz CT molecular complexity index is 3620. The van der Waals surface area contributed by atoms with E-state index in [1.165, 1.54) is 69.2 Å². The van der Waals surface area contributed by atoms with Crippen LogP contribution in [0.5, 0.6) is 23.0 Å². The van der Waals surface area contributed by atoms with Crippen LogP contribution in [0.25, 0.3) is 0 Å². The molecule has 0 aromatic heterocycles. The van der Waals surface area contributed by atoms with Crippen molar-refractivity contribution in [1.82, 2.24) is 25.8 Å². The zero-order valence-corrected chi connectivity index (χ0v) is 56.5. The lowest BCUT2D eigenvalue weighted by Gasteiger charge is -2.31. The van der Waals surface area contributed by atoms with E-state index in [0.717, 1.165) is 9.80 Å². The summed E-state index contributed by atoms with van der Waals surface area (Å²) in [4.78, 5) is 127. The van der Waals surface area contributed by atoms with Crippen LogP contribution in [-0.2, 0) is 56.1 Å². The van der Waals surface area contributed by atoms with Gasteiger partial charge < -0.3 is 90.2 Å². The summed E-state index contributed by atoms with van der Waals surface area (Å²) in [6.45, 7) is 18.6. The second kappa shape index (κ2) is 33.4. The molecule has 4 aliphatic heterocycles. The summed E-state index contributed by atoms with van der Waals surface area (Å²) in [5.74, 6) is -3.44. The van der Waals surface area contributed by atoms with Crippen molar-refractivity contribution in [2.45, 2.75) is 129 Å². The summed E-state index contributed by atoms with van der Waals surface area (Å²) in [6, 6.07) is 13.0. The van der Waals surface area contributed by atoms with Gasteiger partial charge in [-0.05, 0) is 86.1 Å². The van der Waals surface area contributed by atoms with Gasteiger partial charge in [-0.25, -0.2) is 19.4 Å². The third-order valence-corrected chi connectivity index (χ3v) is 16.9. The largest absolute Gasteiger partial charge is 0.493 e. The Hall–Kier alpha value is -9.81. The summed E-state index contributed by atoms with van der Waals surface area (Å²) in [7, 11) is 4.28. The van der Waals surface area contributed by atoms with Crippen LogP contribution >= 0.6 is 0 Å². The summed E-state index contributed by atoms with van der Waals surface area (Å²) in [5.41, 5.74) is 8.96. The van der Waals surface area contributed by atoms with Gasteiger partial charge in [0.15, 0.2) is 35.5 Å². The van der Waals surface area contributed by atoms with E-state index in [1.54, 1.807) is 76.2 Å². The van der Waals surface area contributed by atoms with E-state index in [4.69, 9.17) is 43.6 Å². The normalized spacial score (nSPS) is 18.4. The van der Waals surface area contributed by atoms with Crippen LogP contribution in [0, 0.1) is 11.8 Å². The number of rotatable bonds is 29. The van der Waals surface area contributed by atoms with Crippen molar-refractivity contribution in [3.63, 3.8) is 0 Å². The van der Waals surface area contributed by atoms with Crippen LogP contribution in [0.3, 0.4) is 0 Å². The highest BCUT2D eigenvalue weighted by Gasteiger charge is 2.48. The lowest BCUT2D eigenvalue weighted by atomic mass is 10.0. The van der Waals surface area contributed by atoms with Crippen molar-refractivity contribution in [3.8, 4) is 23.0 Å². The first kappa shape index (κ1) is 74.0. The zero-order chi connectivity index (χ0) is 71.2. The fraction of sp³-hybridized carbons (Fsp3) is 0.464. The number of hydrogen-bond acceptors (Lipinski definition) is 20. The molecule has 29 nitrogen and oxygen atoms in total. The van der Waals surface area contributed by atoms with Gasteiger partial charge in [-0.3, -0.25) is 33.6 Å². The Labute approximate surface area is 568 Å². The molecule has 0 spiro atoms. The van der Waals surface area contributed by atoms with Crippen LogP contribution in [-0.4, -0.2) is 190 Å². The first-order valence-corrected chi connectivity index (χ1v) is 32.2. The molecule has 98 heavy (non-hydrogen) atoms. The summed E-state index contributed by atoms with van der Waals surface area (Å²) in [5, 5.41) is 37.5. The van der Waals surface area contributed by atoms with Crippen molar-refractivity contribution >= 4 is 76.3 Å².